The molecule has 0 aliphatic rings. The fourth-order valence-corrected chi connectivity index (χ4v) is 2.49. The molecule has 106 valence electrons. The van der Waals surface area contributed by atoms with Crippen LogP contribution in [0.15, 0.2) is 28.2 Å². The zero-order valence-corrected chi connectivity index (χ0v) is 11.7. The van der Waals surface area contributed by atoms with Gasteiger partial charge in [0.25, 0.3) is 5.91 Å². The zero-order valence-electron chi connectivity index (χ0n) is 10.9. The maximum absolute atomic E-state index is 12.2. The molecule has 0 spiro atoms. The number of carboxylic acids is 1. The summed E-state index contributed by atoms with van der Waals surface area (Å²) in [5, 5.41) is 11.1. The van der Waals surface area contributed by atoms with Gasteiger partial charge in [-0.2, -0.15) is 0 Å². The lowest BCUT2D eigenvalue weighted by molar-refractivity contribution is -0.137. The van der Waals surface area contributed by atoms with Crippen LogP contribution in [0.2, 0.25) is 0 Å². The molecule has 0 aromatic carbocycles. The van der Waals surface area contributed by atoms with Gasteiger partial charge in [-0.05, 0) is 18.6 Å². The van der Waals surface area contributed by atoms with Gasteiger partial charge in [0.05, 0.1) is 6.26 Å². The molecule has 7 heteroatoms. The molecular formula is C13H14N2O4S. The standard InChI is InChI=1S/C13H14N2O4S/c1-2-5-15(7-11(16)17)13(18)9-8-20-12(14-9)10-4-3-6-19-10/h3-4,6,8H,2,5,7H2,1H3,(H,16,17). The highest BCUT2D eigenvalue weighted by atomic mass is 32.1. The van der Waals surface area contributed by atoms with Crippen molar-refractivity contribution in [3.8, 4) is 10.8 Å². The van der Waals surface area contributed by atoms with Crippen LogP contribution in [0.5, 0.6) is 0 Å². The van der Waals surface area contributed by atoms with Crippen LogP contribution in [0.1, 0.15) is 23.8 Å². The minimum atomic E-state index is -1.03. The van der Waals surface area contributed by atoms with Gasteiger partial charge in [-0.1, -0.05) is 6.92 Å². The molecule has 0 saturated carbocycles. The summed E-state index contributed by atoms with van der Waals surface area (Å²) in [5.74, 6) is -0.814. The van der Waals surface area contributed by atoms with Gasteiger partial charge in [0.15, 0.2) is 10.8 Å². The van der Waals surface area contributed by atoms with Crippen molar-refractivity contribution in [2.45, 2.75) is 13.3 Å². The Labute approximate surface area is 119 Å². The molecule has 2 heterocycles. The molecule has 0 bridgehead atoms. The lowest BCUT2D eigenvalue weighted by Gasteiger charge is -2.18. The number of thiazole rings is 1. The third-order valence-corrected chi connectivity index (χ3v) is 3.42. The van der Waals surface area contributed by atoms with Crippen molar-refractivity contribution in [3.05, 3.63) is 29.5 Å². The van der Waals surface area contributed by atoms with E-state index < -0.39 is 5.97 Å². The van der Waals surface area contributed by atoms with Crippen LogP contribution >= 0.6 is 11.3 Å². The van der Waals surface area contributed by atoms with Crippen LogP contribution < -0.4 is 0 Å². The number of rotatable bonds is 6. The van der Waals surface area contributed by atoms with Crippen LogP contribution in [0.4, 0.5) is 0 Å². The predicted molar refractivity (Wildman–Crippen MR) is 73.6 cm³/mol. The molecule has 0 atom stereocenters. The maximum atomic E-state index is 12.2. The van der Waals surface area contributed by atoms with Gasteiger partial charge in [-0.3, -0.25) is 9.59 Å². The Bertz CT molecular complexity index is 591. The highest BCUT2D eigenvalue weighted by Crippen LogP contribution is 2.24. The number of carbonyl (C=O) groups is 2. The number of furan rings is 1. The van der Waals surface area contributed by atoms with E-state index in [2.05, 4.69) is 4.98 Å². The molecule has 2 aromatic heterocycles. The lowest BCUT2D eigenvalue weighted by atomic mass is 10.3. The first-order chi connectivity index (χ1) is 9.61. The Hall–Kier alpha value is -2.15. The monoisotopic (exact) mass is 294 g/mol. The Balaban J connectivity index is 2.17. The van der Waals surface area contributed by atoms with Crippen LogP contribution in [0, 0.1) is 0 Å². The molecule has 0 radical (unpaired) electrons. The Kier molecular flexibility index (Phi) is 4.52. The Morgan fingerprint density at radius 3 is 2.90 bits per heavy atom. The predicted octanol–water partition coefficient (Wildman–Crippen LogP) is 2.34. The summed E-state index contributed by atoms with van der Waals surface area (Å²) in [6.07, 6.45) is 2.22. The molecular weight excluding hydrogens is 280 g/mol. The second-order valence-electron chi connectivity index (χ2n) is 4.14. The van der Waals surface area contributed by atoms with Gasteiger partial charge in [-0.15, -0.1) is 11.3 Å². The second-order valence-corrected chi connectivity index (χ2v) is 4.99. The number of hydrogen-bond donors (Lipinski definition) is 1. The Morgan fingerprint density at radius 1 is 1.50 bits per heavy atom. The smallest absolute Gasteiger partial charge is 0.323 e. The lowest BCUT2D eigenvalue weighted by Crippen LogP contribution is -2.36. The zero-order chi connectivity index (χ0) is 14.5. The van der Waals surface area contributed by atoms with Gasteiger partial charge in [0.1, 0.15) is 12.2 Å². The minimum absolute atomic E-state index is 0.246. The normalized spacial score (nSPS) is 10.4. The topological polar surface area (TPSA) is 83.6 Å². The summed E-state index contributed by atoms with van der Waals surface area (Å²) in [7, 11) is 0. The molecule has 1 amide bonds. The SMILES string of the molecule is CCCN(CC(=O)O)C(=O)c1csc(-c2ccco2)n1. The molecule has 0 aliphatic carbocycles. The van der Waals surface area contributed by atoms with E-state index in [0.29, 0.717) is 23.7 Å². The van der Waals surface area contributed by atoms with Crippen molar-refractivity contribution >= 4 is 23.2 Å². The quantitative estimate of drug-likeness (QED) is 0.884. The number of carbonyl (C=O) groups excluding carboxylic acids is 1. The summed E-state index contributed by atoms with van der Waals surface area (Å²) in [5.41, 5.74) is 0.246. The summed E-state index contributed by atoms with van der Waals surface area (Å²) < 4.78 is 5.21. The first kappa shape index (κ1) is 14.3. The van der Waals surface area contributed by atoms with Gasteiger partial charge < -0.3 is 14.4 Å². The second kappa shape index (κ2) is 6.33. The van der Waals surface area contributed by atoms with E-state index in [1.54, 1.807) is 17.5 Å². The first-order valence-corrected chi connectivity index (χ1v) is 7.00. The van der Waals surface area contributed by atoms with Crippen molar-refractivity contribution < 1.29 is 19.1 Å². The van der Waals surface area contributed by atoms with E-state index in [1.807, 2.05) is 6.92 Å². The van der Waals surface area contributed by atoms with E-state index in [0.717, 1.165) is 0 Å². The molecule has 0 unspecified atom stereocenters. The molecule has 2 aromatic rings. The average molecular weight is 294 g/mol. The maximum Gasteiger partial charge on any atom is 0.323 e. The summed E-state index contributed by atoms with van der Waals surface area (Å²) >= 11 is 1.29. The van der Waals surface area contributed by atoms with Gasteiger partial charge in [-0.25, -0.2) is 4.98 Å². The first-order valence-electron chi connectivity index (χ1n) is 6.12. The van der Waals surface area contributed by atoms with E-state index in [4.69, 9.17) is 9.52 Å². The van der Waals surface area contributed by atoms with Crippen molar-refractivity contribution in [2.75, 3.05) is 13.1 Å². The van der Waals surface area contributed by atoms with Gasteiger partial charge in [0, 0.05) is 11.9 Å². The summed E-state index contributed by atoms with van der Waals surface area (Å²) in [6, 6.07) is 3.50. The average Bonchev–Trinajstić information content (AvgIpc) is 3.07. The third-order valence-electron chi connectivity index (χ3n) is 2.56. The van der Waals surface area contributed by atoms with Gasteiger partial charge in [0.2, 0.25) is 0 Å². The number of hydrogen-bond acceptors (Lipinski definition) is 5. The molecule has 2 rings (SSSR count). The Morgan fingerprint density at radius 2 is 2.30 bits per heavy atom. The van der Waals surface area contributed by atoms with Gasteiger partial charge >= 0.3 is 5.97 Å². The fraction of sp³-hybridized carbons (Fsp3) is 0.308. The highest BCUT2D eigenvalue weighted by molar-refractivity contribution is 7.13. The van der Waals surface area contributed by atoms with E-state index in [9.17, 15) is 9.59 Å². The molecule has 0 saturated heterocycles. The molecule has 6 nitrogen and oxygen atoms in total. The number of aromatic nitrogens is 1. The highest BCUT2D eigenvalue weighted by Gasteiger charge is 2.21. The molecule has 1 N–H and O–H groups in total. The van der Waals surface area contributed by atoms with Crippen LogP contribution in [0.25, 0.3) is 10.8 Å². The van der Waals surface area contributed by atoms with E-state index in [-0.39, 0.29) is 18.1 Å². The number of aliphatic carboxylic acids is 1. The van der Waals surface area contributed by atoms with Crippen LogP contribution in [-0.2, 0) is 4.79 Å². The molecule has 0 aliphatic heterocycles. The van der Waals surface area contributed by atoms with Crippen molar-refractivity contribution in [2.24, 2.45) is 0 Å². The third kappa shape index (κ3) is 3.24. The summed E-state index contributed by atoms with van der Waals surface area (Å²) in [4.78, 5) is 28.5. The number of nitrogens with zero attached hydrogens (tertiary/aromatic N) is 2. The van der Waals surface area contributed by atoms with Crippen molar-refractivity contribution in [3.63, 3.8) is 0 Å². The number of amides is 1. The van der Waals surface area contributed by atoms with E-state index >= 15 is 0 Å². The molecule has 20 heavy (non-hydrogen) atoms. The van der Waals surface area contributed by atoms with Crippen LogP contribution in [-0.4, -0.2) is 40.0 Å². The van der Waals surface area contributed by atoms with Crippen molar-refractivity contribution in [1.29, 1.82) is 0 Å². The largest absolute Gasteiger partial charge is 0.480 e. The van der Waals surface area contributed by atoms with Crippen LogP contribution in [0.3, 0.4) is 0 Å². The van der Waals surface area contributed by atoms with Crippen molar-refractivity contribution in [1.82, 2.24) is 9.88 Å². The fourth-order valence-electron chi connectivity index (χ4n) is 1.73. The van der Waals surface area contributed by atoms with E-state index in [1.165, 1.54) is 22.5 Å². The number of carboxylic acid groups (broad SMARTS) is 1. The summed E-state index contributed by atoms with van der Waals surface area (Å²) in [6.45, 7) is 1.95. The molecule has 0 fully saturated rings. The minimum Gasteiger partial charge on any atom is -0.480 e.